The molecule has 6 nitrogen and oxygen atoms in total. The third-order valence-corrected chi connectivity index (χ3v) is 4.92. The lowest BCUT2D eigenvalue weighted by Crippen LogP contribution is -2.23. The fraction of sp³-hybridized carbons (Fsp3) is 0.115. The second-order valence-corrected chi connectivity index (χ2v) is 7.64. The number of halogens is 1. The molecule has 3 aromatic carbocycles. The maximum absolute atomic E-state index is 12.3. The van der Waals surface area contributed by atoms with E-state index in [0.717, 1.165) is 11.1 Å². The van der Waals surface area contributed by atoms with E-state index in [0.29, 0.717) is 23.5 Å². The number of nitrogens with one attached hydrogen (secondary N) is 2. The Morgan fingerprint density at radius 3 is 2.45 bits per heavy atom. The van der Waals surface area contributed by atoms with Gasteiger partial charge in [0.2, 0.25) is 0 Å². The SMILES string of the molecule is Cc1ccc(NC(=O)COc2ccc(/C=C(\C#N)C(=O)NCc3ccccc3)cc2Cl)cc1. The van der Waals surface area contributed by atoms with Gasteiger partial charge < -0.3 is 15.4 Å². The fourth-order valence-electron chi connectivity index (χ4n) is 2.89. The quantitative estimate of drug-likeness (QED) is 0.370. The highest BCUT2D eigenvalue weighted by atomic mass is 35.5. The summed E-state index contributed by atoms with van der Waals surface area (Å²) in [6.07, 6.45) is 1.44. The zero-order valence-corrected chi connectivity index (χ0v) is 18.7. The lowest BCUT2D eigenvalue weighted by Gasteiger charge is -2.10. The standard InChI is InChI=1S/C26H22ClN3O3/c1-18-7-10-22(11-8-18)30-25(31)17-33-24-12-9-20(14-23(24)27)13-21(15-28)26(32)29-16-19-5-3-2-4-6-19/h2-14H,16-17H2,1H3,(H,29,32)(H,30,31)/b21-13+. The zero-order valence-electron chi connectivity index (χ0n) is 18.0. The zero-order chi connectivity index (χ0) is 23.6. The minimum absolute atomic E-state index is 0.0480. The van der Waals surface area contributed by atoms with Crippen LogP contribution < -0.4 is 15.4 Å². The van der Waals surface area contributed by atoms with E-state index >= 15 is 0 Å². The maximum atomic E-state index is 12.3. The molecule has 166 valence electrons. The maximum Gasteiger partial charge on any atom is 0.262 e. The molecule has 2 N–H and O–H groups in total. The van der Waals surface area contributed by atoms with Crippen LogP contribution in [0.1, 0.15) is 16.7 Å². The number of carbonyl (C=O) groups is 2. The van der Waals surface area contributed by atoms with Crippen LogP contribution in [0.3, 0.4) is 0 Å². The third kappa shape index (κ3) is 7.23. The number of hydrogen-bond donors (Lipinski definition) is 2. The summed E-state index contributed by atoms with van der Waals surface area (Å²) in [5.74, 6) is -0.480. The predicted octanol–water partition coefficient (Wildman–Crippen LogP) is 4.89. The van der Waals surface area contributed by atoms with Gasteiger partial charge in [0.15, 0.2) is 6.61 Å². The molecule has 2 amide bonds. The van der Waals surface area contributed by atoms with Gasteiger partial charge in [0.05, 0.1) is 5.02 Å². The van der Waals surface area contributed by atoms with Gasteiger partial charge >= 0.3 is 0 Å². The minimum atomic E-state index is -0.481. The average molecular weight is 460 g/mol. The Hall–Kier alpha value is -4.08. The molecule has 0 aliphatic heterocycles. The summed E-state index contributed by atoms with van der Waals surface area (Å²) in [5, 5.41) is 15.1. The number of nitriles is 1. The van der Waals surface area contributed by atoms with Crippen molar-refractivity contribution in [2.24, 2.45) is 0 Å². The number of benzene rings is 3. The van der Waals surface area contributed by atoms with Crippen molar-refractivity contribution in [1.29, 1.82) is 5.26 Å². The Kier molecular flexibility index (Phi) is 8.23. The third-order valence-electron chi connectivity index (χ3n) is 4.62. The number of rotatable bonds is 8. The van der Waals surface area contributed by atoms with Crippen molar-refractivity contribution in [2.75, 3.05) is 11.9 Å². The molecule has 33 heavy (non-hydrogen) atoms. The first-order chi connectivity index (χ1) is 15.9. The van der Waals surface area contributed by atoms with Crippen LogP contribution in [-0.2, 0) is 16.1 Å². The molecule has 0 saturated carbocycles. The van der Waals surface area contributed by atoms with Crippen LogP contribution in [0.15, 0.2) is 78.4 Å². The molecule has 0 aliphatic carbocycles. The van der Waals surface area contributed by atoms with E-state index < -0.39 is 5.91 Å². The van der Waals surface area contributed by atoms with Gasteiger partial charge in [-0.2, -0.15) is 5.26 Å². The van der Waals surface area contributed by atoms with E-state index in [9.17, 15) is 14.9 Å². The van der Waals surface area contributed by atoms with Crippen molar-refractivity contribution in [2.45, 2.75) is 13.5 Å². The smallest absolute Gasteiger partial charge is 0.262 e. The molecule has 0 spiro atoms. The molecule has 0 radical (unpaired) electrons. The number of anilines is 1. The molecule has 0 aromatic heterocycles. The molecule has 0 bridgehead atoms. The van der Waals surface area contributed by atoms with Crippen LogP contribution in [0.25, 0.3) is 6.08 Å². The summed E-state index contributed by atoms with van der Waals surface area (Å²) in [7, 11) is 0. The molecule has 0 aliphatic rings. The second-order valence-electron chi connectivity index (χ2n) is 7.23. The Labute approximate surface area is 197 Å². The molecule has 0 heterocycles. The molecular weight excluding hydrogens is 438 g/mol. The van der Waals surface area contributed by atoms with Crippen LogP contribution in [0, 0.1) is 18.3 Å². The molecule has 0 fully saturated rings. The molecule has 0 saturated heterocycles. The summed E-state index contributed by atoms with van der Waals surface area (Å²) in [4.78, 5) is 24.4. The summed E-state index contributed by atoms with van der Waals surface area (Å²) in [5.41, 5.74) is 3.21. The van der Waals surface area contributed by atoms with Gasteiger partial charge in [0, 0.05) is 12.2 Å². The normalized spacial score (nSPS) is 10.8. The first kappa shape index (κ1) is 23.6. The fourth-order valence-corrected chi connectivity index (χ4v) is 3.13. The van der Waals surface area contributed by atoms with Gasteiger partial charge in [-0.1, -0.05) is 65.7 Å². The minimum Gasteiger partial charge on any atom is -0.482 e. The predicted molar refractivity (Wildman–Crippen MR) is 129 cm³/mol. The van der Waals surface area contributed by atoms with Gasteiger partial charge in [0.1, 0.15) is 17.4 Å². The van der Waals surface area contributed by atoms with Crippen LogP contribution in [0.4, 0.5) is 5.69 Å². The van der Waals surface area contributed by atoms with Crippen molar-refractivity contribution in [3.63, 3.8) is 0 Å². The van der Waals surface area contributed by atoms with Gasteiger partial charge in [-0.25, -0.2) is 0 Å². The van der Waals surface area contributed by atoms with E-state index in [2.05, 4.69) is 10.6 Å². The van der Waals surface area contributed by atoms with Crippen molar-refractivity contribution >= 4 is 35.2 Å². The summed E-state index contributed by atoms with van der Waals surface area (Å²) in [6, 6.07) is 23.5. The van der Waals surface area contributed by atoms with Crippen molar-refractivity contribution in [3.05, 3.63) is 100 Å². The molecule has 3 aromatic rings. The number of hydrogen-bond acceptors (Lipinski definition) is 4. The number of carbonyl (C=O) groups excluding carboxylic acids is 2. The van der Waals surface area contributed by atoms with Crippen LogP contribution >= 0.6 is 11.6 Å². The van der Waals surface area contributed by atoms with Crippen LogP contribution in [0.5, 0.6) is 5.75 Å². The largest absolute Gasteiger partial charge is 0.482 e. The first-order valence-electron chi connectivity index (χ1n) is 10.2. The monoisotopic (exact) mass is 459 g/mol. The average Bonchev–Trinajstić information content (AvgIpc) is 2.82. The molecule has 0 unspecified atom stereocenters. The lowest BCUT2D eigenvalue weighted by molar-refractivity contribution is -0.118. The lowest BCUT2D eigenvalue weighted by atomic mass is 10.1. The number of ether oxygens (including phenoxy) is 1. The number of amides is 2. The molecule has 0 atom stereocenters. The van der Waals surface area contributed by atoms with Crippen LogP contribution in [-0.4, -0.2) is 18.4 Å². The Balaban J connectivity index is 1.58. The van der Waals surface area contributed by atoms with E-state index in [4.69, 9.17) is 16.3 Å². The second kappa shape index (κ2) is 11.5. The number of nitrogens with zero attached hydrogens (tertiary/aromatic N) is 1. The molecule has 3 rings (SSSR count). The number of aryl methyl sites for hydroxylation is 1. The van der Waals surface area contributed by atoms with E-state index in [1.807, 2.05) is 67.6 Å². The first-order valence-corrected chi connectivity index (χ1v) is 10.5. The Bertz CT molecular complexity index is 1200. The molecule has 7 heteroatoms. The van der Waals surface area contributed by atoms with Gasteiger partial charge in [0.25, 0.3) is 11.8 Å². The van der Waals surface area contributed by atoms with E-state index in [1.165, 1.54) is 6.08 Å². The molecular formula is C26H22ClN3O3. The summed E-state index contributed by atoms with van der Waals surface area (Å²) in [6.45, 7) is 2.07. The van der Waals surface area contributed by atoms with Crippen molar-refractivity contribution in [1.82, 2.24) is 5.32 Å². The topological polar surface area (TPSA) is 91.2 Å². The van der Waals surface area contributed by atoms with Crippen LogP contribution in [0.2, 0.25) is 5.02 Å². The summed E-state index contributed by atoms with van der Waals surface area (Å²) < 4.78 is 5.51. The van der Waals surface area contributed by atoms with Gasteiger partial charge in [-0.15, -0.1) is 0 Å². The highest BCUT2D eigenvalue weighted by Crippen LogP contribution is 2.26. The van der Waals surface area contributed by atoms with Crippen molar-refractivity contribution in [3.8, 4) is 11.8 Å². The Morgan fingerprint density at radius 2 is 1.79 bits per heavy atom. The van der Waals surface area contributed by atoms with Crippen molar-refractivity contribution < 1.29 is 14.3 Å². The van der Waals surface area contributed by atoms with Gasteiger partial charge in [-0.05, 0) is 48.4 Å². The highest BCUT2D eigenvalue weighted by molar-refractivity contribution is 6.32. The summed E-state index contributed by atoms with van der Waals surface area (Å²) >= 11 is 6.27. The van der Waals surface area contributed by atoms with E-state index in [-0.39, 0.29) is 23.1 Å². The van der Waals surface area contributed by atoms with E-state index in [1.54, 1.807) is 18.2 Å². The van der Waals surface area contributed by atoms with Gasteiger partial charge in [-0.3, -0.25) is 9.59 Å². The Morgan fingerprint density at radius 1 is 1.06 bits per heavy atom. The highest BCUT2D eigenvalue weighted by Gasteiger charge is 2.11.